The molecule has 0 aliphatic carbocycles. The van der Waals surface area contributed by atoms with Gasteiger partial charge in [0.05, 0.1) is 6.42 Å². The first-order valence-corrected chi connectivity index (χ1v) is 11.3. The first-order valence-electron chi connectivity index (χ1n) is 10.5. The highest BCUT2D eigenvalue weighted by Gasteiger charge is 2.28. The number of amides is 1. The molecule has 1 aliphatic rings. The van der Waals surface area contributed by atoms with E-state index in [-0.39, 0.29) is 17.6 Å². The van der Waals surface area contributed by atoms with Crippen molar-refractivity contribution < 1.29 is 9.18 Å². The second-order valence-corrected chi connectivity index (χ2v) is 8.93. The van der Waals surface area contributed by atoms with Gasteiger partial charge in [-0.05, 0) is 41.3 Å². The van der Waals surface area contributed by atoms with Crippen molar-refractivity contribution in [2.75, 3.05) is 13.1 Å². The van der Waals surface area contributed by atoms with Crippen molar-refractivity contribution in [3.05, 3.63) is 83.1 Å². The van der Waals surface area contributed by atoms with Crippen LogP contribution in [-0.2, 0) is 11.2 Å². The van der Waals surface area contributed by atoms with Crippen molar-refractivity contribution >= 4 is 28.0 Å². The highest BCUT2D eigenvalue weighted by Crippen LogP contribution is 2.33. The molecule has 4 nitrogen and oxygen atoms in total. The summed E-state index contributed by atoms with van der Waals surface area (Å²) in [6.45, 7) is 1.40. The molecule has 1 saturated heterocycles. The molecule has 1 amide bonds. The van der Waals surface area contributed by atoms with Crippen LogP contribution < -0.4 is 0 Å². The summed E-state index contributed by atoms with van der Waals surface area (Å²) in [5, 5.41) is 12.3. The summed E-state index contributed by atoms with van der Waals surface area (Å²) >= 11 is 1.43. The minimum atomic E-state index is -0.291. The molecular formula is C25H22FN3OS. The second kappa shape index (κ2) is 8.55. The van der Waals surface area contributed by atoms with E-state index in [9.17, 15) is 9.18 Å². The molecule has 1 fully saturated rings. The zero-order valence-corrected chi connectivity index (χ0v) is 17.8. The van der Waals surface area contributed by atoms with E-state index in [4.69, 9.17) is 0 Å². The quantitative estimate of drug-likeness (QED) is 0.432. The number of rotatable bonds is 4. The van der Waals surface area contributed by atoms with Gasteiger partial charge < -0.3 is 4.90 Å². The van der Waals surface area contributed by atoms with E-state index in [2.05, 4.69) is 28.4 Å². The van der Waals surface area contributed by atoms with Gasteiger partial charge in [-0.1, -0.05) is 65.9 Å². The molecule has 1 aromatic heterocycles. The van der Waals surface area contributed by atoms with Gasteiger partial charge in [-0.2, -0.15) is 0 Å². The van der Waals surface area contributed by atoms with E-state index in [0.29, 0.717) is 23.5 Å². The summed E-state index contributed by atoms with van der Waals surface area (Å²) in [5.74, 6) is -0.0103. The Balaban J connectivity index is 1.31. The van der Waals surface area contributed by atoms with Gasteiger partial charge in [0.25, 0.3) is 0 Å². The molecule has 4 aromatic rings. The second-order valence-electron chi connectivity index (χ2n) is 7.92. The van der Waals surface area contributed by atoms with Crippen molar-refractivity contribution in [3.8, 4) is 10.6 Å². The minimum Gasteiger partial charge on any atom is -0.342 e. The lowest BCUT2D eigenvalue weighted by Gasteiger charge is -2.31. The van der Waals surface area contributed by atoms with Gasteiger partial charge in [-0.15, -0.1) is 10.2 Å². The highest BCUT2D eigenvalue weighted by molar-refractivity contribution is 7.14. The lowest BCUT2D eigenvalue weighted by molar-refractivity contribution is -0.131. The van der Waals surface area contributed by atoms with Crippen molar-refractivity contribution in [3.63, 3.8) is 0 Å². The number of hydrogen-bond donors (Lipinski definition) is 0. The molecular weight excluding hydrogens is 409 g/mol. The number of fused-ring (bicyclic) bond motifs is 1. The van der Waals surface area contributed by atoms with Crippen molar-refractivity contribution in [2.45, 2.75) is 25.2 Å². The fourth-order valence-electron chi connectivity index (χ4n) is 4.27. The van der Waals surface area contributed by atoms with E-state index in [1.54, 1.807) is 18.2 Å². The van der Waals surface area contributed by atoms with Crippen LogP contribution in [0, 0.1) is 5.82 Å². The van der Waals surface area contributed by atoms with Crippen LogP contribution in [0.2, 0.25) is 0 Å². The van der Waals surface area contributed by atoms with E-state index in [0.717, 1.165) is 40.7 Å². The van der Waals surface area contributed by atoms with Crippen LogP contribution in [0.1, 0.15) is 29.3 Å². The number of nitrogens with zero attached hydrogens (tertiary/aromatic N) is 3. The standard InChI is InChI=1S/C25H22FN3OS/c26-22-13-4-3-12-21(22)25-28-27-24(31-25)19-10-6-14-29(16-19)23(30)15-18-9-5-8-17-7-1-2-11-20(17)18/h1-5,7-9,11-13,19H,6,10,14-16H2. The number of hydrogen-bond acceptors (Lipinski definition) is 4. The Morgan fingerprint density at radius 3 is 2.74 bits per heavy atom. The maximum atomic E-state index is 14.1. The summed E-state index contributed by atoms with van der Waals surface area (Å²) in [7, 11) is 0. The normalized spacial score (nSPS) is 16.5. The molecule has 156 valence electrons. The zero-order valence-electron chi connectivity index (χ0n) is 17.0. The Labute approximate surface area is 184 Å². The third-order valence-corrected chi connectivity index (χ3v) is 7.01. The van der Waals surface area contributed by atoms with Crippen LogP contribution in [0.5, 0.6) is 0 Å². The fourth-order valence-corrected chi connectivity index (χ4v) is 5.27. The van der Waals surface area contributed by atoms with Crippen molar-refractivity contribution in [2.24, 2.45) is 0 Å². The molecule has 1 aliphatic heterocycles. The molecule has 1 atom stereocenters. The van der Waals surface area contributed by atoms with Crippen LogP contribution in [0.3, 0.4) is 0 Å². The molecule has 2 heterocycles. The van der Waals surface area contributed by atoms with E-state index in [1.165, 1.54) is 17.4 Å². The van der Waals surface area contributed by atoms with Gasteiger partial charge in [0, 0.05) is 24.6 Å². The largest absolute Gasteiger partial charge is 0.342 e. The predicted octanol–water partition coefficient (Wildman–Crippen LogP) is 5.45. The molecule has 0 saturated carbocycles. The Morgan fingerprint density at radius 1 is 1.03 bits per heavy atom. The lowest BCUT2D eigenvalue weighted by Crippen LogP contribution is -2.40. The maximum absolute atomic E-state index is 14.1. The molecule has 0 spiro atoms. The van der Waals surface area contributed by atoms with Gasteiger partial charge in [0.15, 0.2) is 5.01 Å². The molecule has 31 heavy (non-hydrogen) atoms. The number of aromatic nitrogens is 2. The third kappa shape index (κ3) is 4.08. The average molecular weight is 432 g/mol. The van der Waals surface area contributed by atoms with Gasteiger partial charge in [-0.25, -0.2) is 4.39 Å². The minimum absolute atomic E-state index is 0.139. The zero-order chi connectivity index (χ0) is 21.2. The van der Waals surface area contributed by atoms with Crippen LogP contribution in [0.4, 0.5) is 4.39 Å². The predicted molar refractivity (Wildman–Crippen MR) is 122 cm³/mol. The monoisotopic (exact) mass is 431 g/mol. The summed E-state index contributed by atoms with van der Waals surface area (Å²) in [6.07, 6.45) is 2.29. The maximum Gasteiger partial charge on any atom is 0.227 e. The Bertz CT molecular complexity index is 1230. The van der Waals surface area contributed by atoms with Crippen LogP contribution in [0.15, 0.2) is 66.7 Å². The third-order valence-electron chi connectivity index (χ3n) is 5.89. The molecule has 6 heteroatoms. The van der Waals surface area contributed by atoms with Gasteiger partial charge in [0.2, 0.25) is 5.91 Å². The molecule has 5 rings (SSSR count). The summed E-state index contributed by atoms with van der Waals surface area (Å²) < 4.78 is 14.1. The van der Waals surface area contributed by atoms with Crippen molar-refractivity contribution in [1.29, 1.82) is 0 Å². The molecule has 1 unspecified atom stereocenters. The number of piperidine rings is 1. The first-order chi connectivity index (χ1) is 15.2. The van der Waals surface area contributed by atoms with Gasteiger partial charge in [-0.3, -0.25) is 4.79 Å². The van der Waals surface area contributed by atoms with Gasteiger partial charge in [0.1, 0.15) is 10.8 Å². The lowest BCUT2D eigenvalue weighted by atomic mass is 9.97. The van der Waals surface area contributed by atoms with Crippen molar-refractivity contribution in [1.82, 2.24) is 15.1 Å². The number of benzene rings is 3. The smallest absolute Gasteiger partial charge is 0.227 e. The number of halogens is 1. The number of carbonyl (C=O) groups is 1. The fraction of sp³-hybridized carbons (Fsp3) is 0.240. The Hall–Kier alpha value is -3.12. The Kier molecular flexibility index (Phi) is 5.47. The SMILES string of the molecule is O=C(Cc1cccc2ccccc12)N1CCCC(c2nnc(-c3ccccc3F)s2)C1. The molecule has 3 aromatic carbocycles. The van der Waals surface area contributed by atoms with Crippen LogP contribution in [0.25, 0.3) is 21.3 Å². The van der Waals surface area contributed by atoms with E-state index in [1.807, 2.05) is 29.2 Å². The Morgan fingerprint density at radius 2 is 1.84 bits per heavy atom. The summed E-state index contributed by atoms with van der Waals surface area (Å²) in [5.41, 5.74) is 1.54. The first kappa shape index (κ1) is 19.8. The summed E-state index contributed by atoms with van der Waals surface area (Å²) in [4.78, 5) is 15.0. The van der Waals surface area contributed by atoms with Crippen LogP contribution >= 0.6 is 11.3 Å². The molecule has 0 radical (unpaired) electrons. The summed E-state index contributed by atoms with van der Waals surface area (Å²) in [6, 6.07) is 20.9. The number of carbonyl (C=O) groups excluding carboxylic acids is 1. The molecule has 0 N–H and O–H groups in total. The molecule has 0 bridgehead atoms. The van der Waals surface area contributed by atoms with E-state index < -0.39 is 0 Å². The van der Waals surface area contributed by atoms with E-state index >= 15 is 0 Å². The van der Waals surface area contributed by atoms with Crippen LogP contribution in [-0.4, -0.2) is 34.1 Å². The topological polar surface area (TPSA) is 46.1 Å². The number of likely N-dealkylation sites (tertiary alicyclic amines) is 1. The average Bonchev–Trinajstić information content (AvgIpc) is 3.30. The highest BCUT2D eigenvalue weighted by atomic mass is 32.1. The van der Waals surface area contributed by atoms with Gasteiger partial charge >= 0.3 is 0 Å².